The van der Waals surface area contributed by atoms with E-state index >= 15 is 0 Å². The van der Waals surface area contributed by atoms with Gasteiger partial charge in [-0.25, -0.2) is 4.98 Å². The van der Waals surface area contributed by atoms with Crippen molar-refractivity contribution in [2.24, 2.45) is 0 Å². The first kappa shape index (κ1) is 9.24. The molecule has 0 unspecified atom stereocenters. The zero-order valence-electron chi connectivity index (χ0n) is 6.65. The minimum atomic E-state index is -1.03. The second-order valence-electron chi connectivity index (χ2n) is 2.35. The highest BCUT2D eigenvalue weighted by Crippen LogP contribution is 2.13. The highest BCUT2D eigenvalue weighted by atomic mass is 19.1. The van der Waals surface area contributed by atoms with E-state index in [1.165, 1.54) is 0 Å². The molecule has 1 aromatic rings. The number of rotatable bonds is 2. The van der Waals surface area contributed by atoms with E-state index in [9.17, 15) is 19.3 Å². The van der Waals surface area contributed by atoms with Gasteiger partial charge in [0, 0.05) is 13.0 Å². The minimum absolute atomic E-state index is 0.244. The van der Waals surface area contributed by atoms with Crippen LogP contribution in [0.3, 0.4) is 0 Å². The summed E-state index contributed by atoms with van der Waals surface area (Å²) in [4.78, 5) is 23.4. The lowest BCUT2D eigenvalue weighted by Crippen LogP contribution is -2.01. The molecule has 0 N–H and O–H groups in total. The molecule has 0 bridgehead atoms. The maximum absolute atomic E-state index is 12.6. The average Bonchev–Trinajstić information content (AvgIpc) is 2.03. The van der Waals surface area contributed by atoms with Crippen molar-refractivity contribution in [2.75, 3.05) is 0 Å². The molecule has 68 valence electrons. The van der Waals surface area contributed by atoms with Crippen molar-refractivity contribution in [2.45, 2.75) is 6.92 Å². The first-order chi connectivity index (χ1) is 6.00. The van der Waals surface area contributed by atoms with Gasteiger partial charge in [0.15, 0.2) is 5.78 Å². The monoisotopic (exact) mass is 184 g/mol. The Balaban J connectivity index is 3.26. The first-order valence-corrected chi connectivity index (χ1v) is 3.33. The summed E-state index contributed by atoms with van der Waals surface area (Å²) >= 11 is 0. The molecule has 0 aliphatic rings. The van der Waals surface area contributed by atoms with E-state index in [0.717, 1.165) is 13.0 Å². The minimum Gasteiger partial charge on any atom is -0.293 e. The van der Waals surface area contributed by atoms with Gasteiger partial charge in [0.2, 0.25) is 5.95 Å². The van der Waals surface area contributed by atoms with Crippen LogP contribution < -0.4 is 0 Å². The number of hydrogen-bond donors (Lipinski definition) is 0. The zero-order chi connectivity index (χ0) is 10.0. The maximum atomic E-state index is 12.6. The van der Waals surface area contributed by atoms with Gasteiger partial charge in [-0.05, 0) is 0 Å². The summed E-state index contributed by atoms with van der Waals surface area (Å²) in [6.45, 7) is 1.16. The van der Waals surface area contributed by atoms with E-state index in [-0.39, 0.29) is 5.69 Å². The van der Waals surface area contributed by atoms with Crippen molar-refractivity contribution in [1.29, 1.82) is 0 Å². The molecule has 0 aliphatic heterocycles. The van der Waals surface area contributed by atoms with Crippen LogP contribution >= 0.6 is 0 Å². The molecule has 5 nitrogen and oxygen atoms in total. The van der Waals surface area contributed by atoms with Crippen molar-refractivity contribution < 1.29 is 14.1 Å². The second kappa shape index (κ2) is 3.26. The molecule has 0 atom stereocenters. The number of halogens is 1. The average molecular weight is 184 g/mol. The summed E-state index contributed by atoms with van der Waals surface area (Å²) in [5, 5.41) is 10.2. The number of carbonyl (C=O) groups excluding carboxylic acids is 1. The highest BCUT2D eigenvalue weighted by Gasteiger charge is 2.13. The van der Waals surface area contributed by atoms with Crippen molar-refractivity contribution in [3.63, 3.8) is 0 Å². The van der Waals surface area contributed by atoms with Gasteiger partial charge in [-0.1, -0.05) is 0 Å². The molecule has 0 saturated heterocycles. The lowest BCUT2D eigenvalue weighted by molar-refractivity contribution is -0.385. The fourth-order valence-corrected chi connectivity index (χ4v) is 0.769. The van der Waals surface area contributed by atoms with Crippen LogP contribution in [-0.4, -0.2) is 15.7 Å². The smallest absolute Gasteiger partial charge is 0.276 e. The van der Waals surface area contributed by atoms with E-state index < -0.39 is 22.3 Å². The number of nitro groups is 1. The molecule has 0 radical (unpaired) electrons. The third-order valence-electron chi connectivity index (χ3n) is 1.35. The fourth-order valence-electron chi connectivity index (χ4n) is 0.769. The third-order valence-corrected chi connectivity index (χ3v) is 1.35. The van der Waals surface area contributed by atoms with Gasteiger partial charge < -0.3 is 0 Å². The summed E-state index contributed by atoms with van der Waals surface area (Å²) in [5.74, 6) is -1.54. The van der Waals surface area contributed by atoms with Crippen LogP contribution in [-0.2, 0) is 0 Å². The van der Waals surface area contributed by atoms with Crippen LogP contribution in [0.5, 0.6) is 0 Å². The van der Waals surface area contributed by atoms with Gasteiger partial charge in [0.1, 0.15) is 5.69 Å². The SMILES string of the molecule is CC(=O)c1cc([N+](=O)[O-])cc(F)n1. The van der Waals surface area contributed by atoms with Gasteiger partial charge in [0.05, 0.1) is 11.0 Å². The number of nitrogens with zero attached hydrogens (tertiary/aromatic N) is 2. The van der Waals surface area contributed by atoms with Crippen LogP contribution in [0.15, 0.2) is 12.1 Å². The summed E-state index contributed by atoms with van der Waals surface area (Å²) in [6, 6.07) is 1.60. The molecular weight excluding hydrogens is 179 g/mol. The molecule has 0 fully saturated rings. The topological polar surface area (TPSA) is 73.1 Å². The van der Waals surface area contributed by atoms with Crippen LogP contribution in [0, 0.1) is 16.1 Å². The molecule has 0 aromatic carbocycles. The molecule has 1 heterocycles. The maximum Gasteiger partial charge on any atom is 0.276 e. The normalized spacial score (nSPS) is 9.69. The number of aromatic nitrogens is 1. The Kier molecular flexibility index (Phi) is 2.32. The lowest BCUT2D eigenvalue weighted by atomic mass is 10.2. The van der Waals surface area contributed by atoms with Crippen molar-refractivity contribution in [3.05, 3.63) is 33.9 Å². The Hall–Kier alpha value is -1.85. The van der Waals surface area contributed by atoms with E-state index in [1.54, 1.807) is 0 Å². The molecule has 0 amide bonds. The van der Waals surface area contributed by atoms with E-state index in [1.807, 2.05) is 0 Å². The Morgan fingerprint density at radius 3 is 2.69 bits per heavy atom. The lowest BCUT2D eigenvalue weighted by Gasteiger charge is -1.95. The number of carbonyl (C=O) groups is 1. The van der Waals surface area contributed by atoms with Crippen molar-refractivity contribution in [3.8, 4) is 0 Å². The second-order valence-corrected chi connectivity index (χ2v) is 2.35. The molecule has 13 heavy (non-hydrogen) atoms. The van der Waals surface area contributed by atoms with Crippen LogP contribution in [0.1, 0.15) is 17.4 Å². The van der Waals surface area contributed by atoms with Crippen LogP contribution in [0.25, 0.3) is 0 Å². The Morgan fingerprint density at radius 1 is 1.62 bits per heavy atom. The standard InChI is InChI=1S/C7H5FN2O3/c1-4(11)6-2-5(10(12)13)3-7(8)9-6/h2-3H,1H3. The van der Waals surface area contributed by atoms with E-state index in [2.05, 4.69) is 4.98 Å². The summed E-state index contributed by atoms with van der Waals surface area (Å²) in [6.07, 6.45) is 0. The summed E-state index contributed by atoms with van der Waals surface area (Å²) < 4.78 is 12.6. The van der Waals surface area contributed by atoms with Crippen molar-refractivity contribution >= 4 is 11.5 Å². The summed E-state index contributed by atoms with van der Waals surface area (Å²) in [7, 11) is 0. The predicted molar refractivity (Wildman–Crippen MR) is 40.9 cm³/mol. The Morgan fingerprint density at radius 2 is 2.23 bits per heavy atom. The van der Waals surface area contributed by atoms with Gasteiger partial charge in [-0.3, -0.25) is 14.9 Å². The van der Waals surface area contributed by atoms with Gasteiger partial charge in [0.25, 0.3) is 5.69 Å². The predicted octanol–water partition coefficient (Wildman–Crippen LogP) is 1.33. The third kappa shape index (κ3) is 2.05. The van der Waals surface area contributed by atoms with Crippen molar-refractivity contribution in [1.82, 2.24) is 4.98 Å². The molecular formula is C7H5FN2O3. The fraction of sp³-hybridized carbons (Fsp3) is 0.143. The number of Topliss-reactive ketones (excluding diaryl/α,β-unsaturated/α-hetero) is 1. The zero-order valence-corrected chi connectivity index (χ0v) is 6.65. The molecule has 0 saturated carbocycles. The van der Waals surface area contributed by atoms with E-state index in [4.69, 9.17) is 0 Å². The highest BCUT2D eigenvalue weighted by molar-refractivity contribution is 5.92. The molecule has 0 aliphatic carbocycles. The number of hydrogen-bond acceptors (Lipinski definition) is 4. The van der Waals surface area contributed by atoms with Gasteiger partial charge >= 0.3 is 0 Å². The van der Waals surface area contributed by atoms with Crippen LogP contribution in [0.2, 0.25) is 0 Å². The molecule has 6 heteroatoms. The van der Waals surface area contributed by atoms with Crippen LogP contribution in [0.4, 0.5) is 10.1 Å². The quantitative estimate of drug-likeness (QED) is 0.301. The Labute approximate surface area is 72.4 Å². The van der Waals surface area contributed by atoms with Gasteiger partial charge in [-0.2, -0.15) is 4.39 Å². The largest absolute Gasteiger partial charge is 0.293 e. The number of pyridine rings is 1. The molecule has 0 spiro atoms. The number of ketones is 1. The van der Waals surface area contributed by atoms with E-state index in [0.29, 0.717) is 6.07 Å². The Bertz CT molecular complexity index is 346. The first-order valence-electron chi connectivity index (χ1n) is 3.33. The molecule has 1 rings (SSSR count). The van der Waals surface area contributed by atoms with Gasteiger partial charge in [-0.15, -0.1) is 0 Å². The summed E-state index contributed by atoms with van der Waals surface area (Å²) in [5.41, 5.74) is -0.718. The molecule has 1 aromatic heterocycles.